The van der Waals surface area contributed by atoms with Crippen LogP contribution in [-0.4, -0.2) is 22.6 Å². The number of carbonyl (C=O) groups excluding carboxylic acids is 2. The Morgan fingerprint density at radius 2 is 1.08 bits per heavy atom. The van der Waals surface area contributed by atoms with Gasteiger partial charge in [0.05, 0.1) is 0 Å². The maximum atomic E-state index is 11.8. The first kappa shape index (κ1) is 20.0. The summed E-state index contributed by atoms with van der Waals surface area (Å²) in [4.78, 5) is 33.8. The van der Waals surface area contributed by atoms with Gasteiger partial charge in [-0.25, -0.2) is 4.79 Å². The average molecular weight is 338 g/mol. The minimum Gasteiger partial charge on any atom is -0.478 e. The molecule has 2 rings (SSSR count). The summed E-state index contributed by atoms with van der Waals surface area (Å²) >= 11 is 0. The molecule has 0 aliphatic rings. The Bertz CT molecular complexity index is 704. The van der Waals surface area contributed by atoms with Gasteiger partial charge < -0.3 is 5.11 Å². The van der Waals surface area contributed by atoms with E-state index in [1.807, 2.05) is 32.9 Å². The molecular weight excluding hydrogens is 316 g/mol. The third kappa shape index (κ3) is 6.18. The van der Waals surface area contributed by atoms with Crippen LogP contribution in [-0.2, 0) is 4.79 Å². The van der Waals surface area contributed by atoms with Gasteiger partial charge in [0.15, 0.2) is 0 Å². The summed E-state index contributed by atoms with van der Waals surface area (Å²) in [7, 11) is 0. The minimum atomic E-state index is -0.914. The first-order chi connectivity index (χ1) is 11.6. The van der Waals surface area contributed by atoms with Crippen molar-refractivity contribution in [3.63, 3.8) is 0 Å². The fraction of sp³-hybridized carbons (Fsp3) is 0.190. The van der Waals surface area contributed by atoms with E-state index in [1.165, 1.54) is 0 Å². The summed E-state index contributed by atoms with van der Waals surface area (Å²) in [5.74, 6) is -1.85. The molecule has 0 atom stereocenters. The standard InChI is InChI=1S/C14H10O2.C7H12O2/c15-13(11-7-3-1-4-8-11)14(16)12-9-5-2-6-10-12;1-5(6(8)9)7(2,3)4/h1-10H;1H2,2-4H3,(H,8,9). The lowest BCUT2D eigenvalue weighted by Gasteiger charge is -2.17. The molecule has 0 fully saturated rings. The van der Waals surface area contributed by atoms with Crippen LogP contribution in [0.3, 0.4) is 0 Å². The highest BCUT2D eigenvalue weighted by Gasteiger charge is 2.20. The number of ketones is 2. The van der Waals surface area contributed by atoms with Crippen LogP contribution in [0.1, 0.15) is 41.5 Å². The molecule has 4 nitrogen and oxygen atoms in total. The van der Waals surface area contributed by atoms with Gasteiger partial charge >= 0.3 is 5.97 Å². The molecule has 0 bridgehead atoms. The molecule has 0 aliphatic heterocycles. The lowest BCUT2D eigenvalue weighted by atomic mass is 9.88. The van der Waals surface area contributed by atoms with Gasteiger partial charge in [0.2, 0.25) is 11.6 Å². The molecule has 130 valence electrons. The number of benzene rings is 2. The van der Waals surface area contributed by atoms with Gasteiger partial charge in [-0.05, 0) is 5.41 Å². The molecule has 0 radical (unpaired) electrons. The van der Waals surface area contributed by atoms with Crippen LogP contribution in [0.15, 0.2) is 72.8 Å². The zero-order chi connectivity index (χ0) is 19.0. The van der Waals surface area contributed by atoms with E-state index in [0.29, 0.717) is 11.1 Å². The second kappa shape index (κ2) is 8.73. The van der Waals surface area contributed by atoms with E-state index in [9.17, 15) is 14.4 Å². The van der Waals surface area contributed by atoms with Crippen molar-refractivity contribution in [2.45, 2.75) is 20.8 Å². The second-order valence-corrected chi connectivity index (χ2v) is 6.42. The molecule has 0 aliphatic carbocycles. The highest BCUT2D eigenvalue weighted by molar-refractivity contribution is 6.49. The molecule has 4 heteroatoms. The molecule has 25 heavy (non-hydrogen) atoms. The first-order valence-corrected chi connectivity index (χ1v) is 7.76. The molecular formula is C21H22O4. The summed E-state index contributed by atoms with van der Waals surface area (Å²) in [6, 6.07) is 17.2. The van der Waals surface area contributed by atoms with Crippen molar-refractivity contribution < 1.29 is 19.5 Å². The first-order valence-electron chi connectivity index (χ1n) is 7.76. The number of carboxylic acids is 1. The van der Waals surface area contributed by atoms with Crippen molar-refractivity contribution in [3.8, 4) is 0 Å². The Morgan fingerprint density at radius 1 is 0.760 bits per heavy atom. The number of carbonyl (C=O) groups is 3. The summed E-state index contributed by atoms with van der Waals surface area (Å²) in [6.45, 7) is 8.89. The normalized spacial score (nSPS) is 10.2. The van der Waals surface area contributed by atoms with Crippen molar-refractivity contribution in [1.82, 2.24) is 0 Å². The molecule has 0 amide bonds. The number of rotatable bonds is 4. The molecule has 0 saturated heterocycles. The van der Waals surface area contributed by atoms with Crippen LogP contribution in [0.25, 0.3) is 0 Å². The van der Waals surface area contributed by atoms with Crippen molar-refractivity contribution >= 4 is 17.5 Å². The van der Waals surface area contributed by atoms with Gasteiger partial charge in [0.25, 0.3) is 0 Å². The zero-order valence-electron chi connectivity index (χ0n) is 14.7. The smallest absolute Gasteiger partial charge is 0.331 e. The van der Waals surface area contributed by atoms with Gasteiger partial charge in [-0.3, -0.25) is 9.59 Å². The van der Waals surface area contributed by atoms with Gasteiger partial charge in [0, 0.05) is 16.7 Å². The molecule has 0 heterocycles. The fourth-order valence-corrected chi connectivity index (χ4v) is 1.76. The number of carboxylic acid groups (broad SMARTS) is 1. The molecule has 0 unspecified atom stereocenters. The number of hydrogen-bond acceptors (Lipinski definition) is 3. The van der Waals surface area contributed by atoms with E-state index < -0.39 is 17.5 Å². The van der Waals surface area contributed by atoms with Gasteiger partial charge in [-0.15, -0.1) is 0 Å². The fourth-order valence-electron chi connectivity index (χ4n) is 1.76. The summed E-state index contributed by atoms with van der Waals surface area (Å²) < 4.78 is 0. The van der Waals surface area contributed by atoms with Crippen LogP contribution in [0.5, 0.6) is 0 Å². The number of hydrogen-bond donors (Lipinski definition) is 1. The van der Waals surface area contributed by atoms with Crippen LogP contribution in [0, 0.1) is 5.41 Å². The predicted octanol–water partition coefficient (Wildman–Crippen LogP) is 4.43. The Labute approximate surface area is 147 Å². The van der Waals surface area contributed by atoms with E-state index in [2.05, 4.69) is 6.58 Å². The van der Waals surface area contributed by atoms with E-state index in [1.54, 1.807) is 48.5 Å². The Kier molecular flexibility index (Phi) is 7.00. The highest BCUT2D eigenvalue weighted by Crippen LogP contribution is 2.22. The lowest BCUT2D eigenvalue weighted by molar-refractivity contribution is -0.133. The minimum absolute atomic E-state index is 0.252. The largest absolute Gasteiger partial charge is 0.478 e. The van der Waals surface area contributed by atoms with Crippen LogP contribution < -0.4 is 0 Å². The van der Waals surface area contributed by atoms with Crippen molar-refractivity contribution in [1.29, 1.82) is 0 Å². The summed E-state index contributed by atoms with van der Waals surface area (Å²) in [5, 5.41) is 8.42. The zero-order valence-corrected chi connectivity index (χ0v) is 14.7. The maximum absolute atomic E-state index is 11.8. The van der Waals surface area contributed by atoms with E-state index in [0.717, 1.165) is 0 Å². The topological polar surface area (TPSA) is 71.4 Å². The number of aliphatic carboxylic acids is 1. The quantitative estimate of drug-likeness (QED) is 0.509. The van der Waals surface area contributed by atoms with E-state index in [-0.39, 0.29) is 11.0 Å². The third-order valence-electron chi connectivity index (χ3n) is 3.44. The molecule has 0 aromatic heterocycles. The summed E-state index contributed by atoms with van der Waals surface area (Å²) in [5.41, 5.74) is 0.793. The highest BCUT2D eigenvalue weighted by atomic mass is 16.4. The SMILES string of the molecule is C=C(C(=O)O)C(C)(C)C.O=C(C(=O)c1ccccc1)c1ccccc1. The molecule has 0 spiro atoms. The monoisotopic (exact) mass is 338 g/mol. The Morgan fingerprint density at radius 3 is 1.28 bits per heavy atom. The second-order valence-electron chi connectivity index (χ2n) is 6.42. The third-order valence-corrected chi connectivity index (χ3v) is 3.44. The Balaban J connectivity index is 0.000000299. The van der Waals surface area contributed by atoms with Crippen molar-refractivity contribution in [3.05, 3.63) is 83.9 Å². The van der Waals surface area contributed by atoms with Crippen molar-refractivity contribution in [2.75, 3.05) is 0 Å². The van der Waals surface area contributed by atoms with Crippen LogP contribution in [0.2, 0.25) is 0 Å². The van der Waals surface area contributed by atoms with Crippen LogP contribution in [0.4, 0.5) is 0 Å². The molecule has 1 N–H and O–H groups in total. The molecule has 2 aromatic rings. The van der Waals surface area contributed by atoms with Crippen LogP contribution >= 0.6 is 0 Å². The maximum Gasteiger partial charge on any atom is 0.331 e. The van der Waals surface area contributed by atoms with E-state index in [4.69, 9.17) is 5.11 Å². The van der Waals surface area contributed by atoms with Gasteiger partial charge in [0.1, 0.15) is 0 Å². The number of Topliss-reactive ketones (excluding diaryl/α,β-unsaturated/α-hetero) is 2. The van der Waals surface area contributed by atoms with Gasteiger partial charge in [-0.2, -0.15) is 0 Å². The van der Waals surface area contributed by atoms with Crippen molar-refractivity contribution in [2.24, 2.45) is 5.41 Å². The van der Waals surface area contributed by atoms with Gasteiger partial charge in [-0.1, -0.05) is 88.0 Å². The molecule has 0 saturated carbocycles. The van der Waals surface area contributed by atoms with E-state index >= 15 is 0 Å². The predicted molar refractivity (Wildman–Crippen MR) is 97.8 cm³/mol. The Hall–Kier alpha value is -3.01. The average Bonchev–Trinajstić information content (AvgIpc) is 2.61. The molecule has 2 aromatic carbocycles. The lowest BCUT2D eigenvalue weighted by Crippen LogP contribution is -2.15. The summed E-state index contributed by atoms with van der Waals surface area (Å²) in [6.07, 6.45) is 0.